The lowest BCUT2D eigenvalue weighted by atomic mass is 9.96. The molecule has 0 radical (unpaired) electrons. The van der Waals surface area contributed by atoms with E-state index in [1.807, 2.05) is 20.8 Å². The average Bonchev–Trinajstić information content (AvgIpc) is 2.80. The van der Waals surface area contributed by atoms with Gasteiger partial charge in [-0.3, -0.25) is 10.1 Å². The summed E-state index contributed by atoms with van der Waals surface area (Å²) in [5.41, 5.74) is -0.591. The Labute approximate surface area is 125 Å². The molecule has 1 aliphatic carbocycles. The van der Waals surface area contributed by atoms with Crippen LogP contribution in [0.15, 0.2) is 0 Å². The van der Waals surface area contributed by atoms with E-state index in [0.717, 1.165) is 12.8 Å². The van der Waals surface area contributed by atoms with Crippen LogP contribution in [0.2, 0.25) is 0 Å². The van der Waals surface area contributed by atoms with Gasteiger partial charge >= 0.3 is 5.97 Å². The van der Waals surface area contributed by atoms with Crippen molar-refractivity contribution in [1.29, 1.82) is 0 Å². The second kappa shape index (κ2) is 8.22. The van der Waals surface area contributed by atoms with Gasteiger partial charge in [-0.05, 0) is 40.0 Å². The predicted molar refractivity (Wildman–Crippen MR) is 80.8 cm³/mol. The first-order chi connectivity index (χ1) is 9.43. The van der Waals surface area contributed by atoms with Crippen molar-refractivity contribution in [3.8, 4) is 0 Å². The first-order valence-corrected chi connectivity index (χ1v) is 8.34. The molecule has 0 saturated heterocycles. The Morgan fingerprint density at radius 3 is 2.80 bits per heavy atom. The van der Waals surface area contributed by atoms with Crippen LogP contribution in [0, 0.1) is 0 Å². The zero-order chi connectivity index (χ0) is 15.2. The van der Waals surface area contributed by atoms with Gasteiger partial charge in [0.15, 0.2) is 0 Å². The van der Waals surface area contributed by atoms with Gasteiger partial charge in [-0.1, -0.05) is 0 Å². The molecule has 0 aromatic carbocycles. The highest BCUT2D eigenvalue weighted by Gasteiger charge is 2.46. The highest BCUT2D eigenvalue weighted by Crippen LogP contribution is 2.38. The number of esters is 1. The third-order valence-electron chi connectivity index (χ3n) is 3.44. The quantitative estimate of drug-likeness (QED) is 0.579. The molecule has 0 heterocycles. The van der Waals surface area contributed by atoms with Crippen molar-refractivity contribution in [2.45, 2.75) is 63.0 Å². The summed E-state index contributed by atoms with van der Waals surface area (Å²) >= 11 is 1.62. The van der Waals surface area contributed by atoms with Gasteiger partial charge in [-0.25, -0.2) is 0 Å². The van der Waals surface area contributed by atoms with Crippen LogP contribution >= 0.6 is 11.8 Å². The fraction of sp³-hybridized carbons (Fsp3) is 0.929. The maximum atomic E-state index is 12.3. The molecular weight excluding hydrogens is 278 g/mol. The average molecular weight is 305 g/mol. The maximum absolute atomic E-state index is 12.3. The lowest BCUT2D eigenvalue weighted by molar-refractivity contribution is -0.151. The summed E-state index contributed by atoms with van der Waals surface area (Å²) in [6.07, 6.45) is 1.71. The molecule has 0 aromatic rings. The van der Waals surface area contributed by atoms with Gasteiger partial charge in [-0.15, -0.1) is 0 Å². The van der Waals surface area contributed by atoms with Gasteiger partial charge < -0.3 is 14.9 Å². The van der Waals surface area contributed by atoms with E-state index < -0.39 is 11.6 Å². The van der Waals surface area contributed by atoms with Gasteiger partial charge in [0.05, 0.1) is 19.3 Å². The Kier molecular flexibility index (Phi) is 7.29. The van der Waals surface area contributed by atoms with Crippen molar-refractivity contribution in [3.63, 3.8) is 0 Å². The molecule has 0 aromatic heterocycles. The number of ether oxygens (including phenoxy) is 1. The minimum Gasteiger partial charge on any atom is -0.465 e. The monoisotopic (exact) mass is 305 g/mol. The largest absolute Gasteiger partial charge is 0.465 e. The fourth-order valence-electron chi connectivity index (χ4n) is 2.64. The molecule has 1 fully saturated rings. The first-order valence-electron chi connectivity index (χ1n) is 7.29. The van der Waals surface area contributed by atoms with Crippen molar-refractivity contribution in [1.82, 2.24) is 5.32 Å². The Balaban J connectivity index is 2.61. The number of carbonyl (C=O) groups is 1. The van der Waals surface area contributed by atoms with E-state index in [1.165, 1.54) is 0 Å². The van der Waals surface area contributed by atoms with E-state index in [1.54, 1.807) is 11.8 Å². The van der Waals surface area contributed by atoms with Crippen molar-refractivity contribution >= 4 is 17.7 Å². The molecule has 0 bridgehead atoms. The van der Waals surface area contributed by atoms with E-state index in [4.69, 9.17) is 9.84 Å². The van der Waals surface area contributed by atoms with Crippen LogP contribution in [-0.4, -0.2) is 58.1 Å². The summed E-state index contributed by atoms with van der Waals surface area (Å²) in [5.74, 6) is 0.335. The standard InChI is InChI=1S/C14H27NO4S/c1-4-19-13(18)14(15-10(2)3)6-5-12(7-14)20-9-11(17)8-16/h10-12,15-17H,4-9H2,1-3H3. The third kappa shape index (κ3) is 4.91. The molecule has 3 unspecified atom stereocenters. The number of rotatable bonds is 8. The minimum atomic E-state index is -0.685. The number of hydrogen-bond donors (Lipinski definition) is 3. The van der Waals surface area contributed by atoms with E-state index >= 15 is 0 Å². The third-order valence-corrected chi connectivity index (χ3v) is 4.89. The second-order valence-electron chi connectivity index (χ2n) is 5.64. The molecule has 0 aliphatic heterocycles. The van der Waals surface area contributed by atoms with Gasteiger partial charge in [0.2, 0.25) is 0 Å². The van der Waals surface area contributed by atoms with E-state index in [0.29, 0.717) is 24.0 Å². The van der Waals surface area contributed by atoms with Crippen LogP contribution in [0.1, 0.15) is 40.0 Å². The molecule has 0 spiro atoms. The van der Waals surface area contributed by atoms with Crippen molar-refractivity contribution in [2.24, 2.45) is 0 Å². The summed E-state index contributed by atoms with van der Waals surface area (Å²) in [7, 11) is 0. The first kappa shape index (κ1) is 17.8. The molecule has 6 heteroatoms. The normalized spacial score (nSPS) is 27.8. The minimum absolute atomic E-state index is 0.167. The van der Waals surface area contributed by atoms with Gasteiger partial charge in [0.25, 0.3) is 0 Å². The summed E-state index contributed by atoms with van der Waals surface area (Å²) in [5, 5.41) is 21.9. The molecule has 20 heavy (non-hydrogen) atoms. The highest BCUT2D eigenvalue weighted by molar-refractivity contribution is 7.99. The Morgan fingerprint density at radius 1 is 1.55 bits per heavy atom. The Morgan fingerprint density at radius 2 is 2.25 bits per heavy atom. The van der Waals surface area contributed by atoms with Crippen molar-refractivity contribution in [3.05, 3.63) is 0 Å². The molecule has 118 valence electrons. The van der Waals surface area contributed by atoms with E-state index in [2.05, 4.69) is 5.32 Å². The molecule has 1 saturated carbocycles. The second-order valence-corrected chi connectivity index (χ2v) is 6.97. The molecule has 3 atom stereocenters. The number of aliphatic hydroxyl groups is 2. The lowest BCUT2D eigenvalue weighted by Gasteiger charge is -2.30. The Hall–Kier alpha value is -0.300. The molecule has 3 N–H and O–H groups in total. The van der Waals surface area contributed by atoms with Crippen LogP contribution in [-0.2, 0) is 9.53 Å². The number of carbonyl (C=O) groups excluding carboxylic acids is 1. The topological polar surface area (TPSA) is 78.8 Å². The lowest BCUT2D eigenvalue weighted by Crippen LogP contribution is -2.54. The predicted octanol–water partition coefficient (Wildman–Crippen LogP) is 0.925. The smallest absolute Gasteiger partial charge is 0.326 e. The van der Waals surface area contributed by atoms with Gasteiger partial charge in [0.1, 0.15) is 5.54 Å². The van der Waals surface area contributed by atoms with Crippen LogP contribution in [0.3, 0.4) is 0 Å². The summed E-state index contributed by atoms with van der Waals surface area (Å²) in [6.45, 7) is 6.04. The number of hydrogen-bond acceptors (Lipinski definition) is 6. The van der Waals surface area contributed by atoms with Crippen LogP contribution < -0.4 is 5.32 Å². The molecule has 0 amide bonds. The number of thioether (sulfide) groups is 1. The zero-order valence-electron chi connectivity index (χ0n) is 12.6. The Bertz CT molecular complexity index is 314. The van der Waals surface area contributed by atoms with Crippen LogP contribution in [0.4, 0.5) is 0 Å². The highest BCUT2D eigenvalue weighted by atomic mass is 32.2. The van der Waals surface area contributed by atoms with Gasteiger partial charge in [-0.2, -0.15) is 11.8 Å². The molecular formula is C14H27NO4S. The summed E-state index contributed by atoms with van der Waals surface area (Å²) in [6, 6.07) is 0.214. The summed E-state index contributed by atoms with van der Waals surface area (Å²) < 4.78 is 5.23. The SMILES string of the molecule is CCOC(=O)C1(NC(C)C)CCC(SCC(O)CO)C1. The number of aliphatic hydroxyl groups excluding tert-OH is 2. The van der Waals surface area contributed by atoms with E-state index in [9.17, 15) is 9.90 Å². The molecule has 1 aliphatic rings. The molecule has 1 rings (SSSR count). The van der Waals surface area contributed by atoms with Gasteiger partial charge in [0, 0.05) is 17.0 Å². The van der Waals surface area contributed by atoms with Crippen LogP contribution in [0.5, 0.6) is 0 Å². The van der Waals surface area contributed by atoms with E-state index in [-0.39, 0.29) is 18.6 Å². The number of nitrogens with one attached hydrogen (secondary N) is 1. The fourth-order valence-corrected chi connectivity index (χ4v) is 3.93. The van der Waals surface area contributed by atoms with Crippen LogP contribution in [0.25, 0.3) is 0 Å². The summed E-state index contributed by atoms with van der Waals surface area (Å²) in [4.78, 5) is 12.3. The van der Waals surface area contributed by atoms with Crippen molar-refractivity contribution in [2.75, 3.05) is 19.0 Å². The molecule has 5 nitrogen and oxygen atoms in total. The maximum Gasteiger partial charge on any atom is 0.326 e. The zero-order valence-corrected chi connectivity index (χ0v) is 13.4. The van der Waals surface area contributed by atoms with Crippen molar-refractivity contribution < 1.29 is 19.7 Å².